The summed E-state index contributed by atoms with van der Waals surface area (Å²) in [4.78, 5) is 19.8. The number of carbonyl (C=O) groups is 1. The molecule has 0 fully saturated rings. The Labute approximate surface area is 195 Å². The molecule has 1 aromatic heterocycles. The first-order valence-corrected chi connectivity index (χ1v) is 11.7. The molecule has 0 saturated heterocycles. The number of nitrogens with zero attached hydrogens (tertiary/aromatic N) is 2. The SMILES string of the molecule is COc1cccc(C(=O)N(Cc2csc(COc3cc(C)cc(C)c3C)n2)CC(C)C)c1. The van der Waals surface area contributed by atoms with Gasteiger partial charge in [0.15, 0.2) is 0 Å². The molecule has 2 aromatic carbocycles. The highest BCUT2D eigenvalue weighted by atomic mass is 32.1. The minimum Gasteiger partial charge on any atom is -0.497 e. The van der Waals surface area contributed by atoms with Crippen LogP contribution in [0.4, 0.5) is 0 Å². The zero-order chi connectivity index (χ0) is 23.3. The summed E-state index contributed by atoms with van der Waals surface area (Å²) in [7, 11) is 1.61. The lowest BCUT2D eigenvalue weighted by Crippen LogP contribution is -2.33. The van der Waals surface area contributed by atoms with Crippen LogP contribution in [0, 0.1) is 26.7 Å². The molecule has 5 nitrogen and oxygen atoms in total. The number of thiazole rings is 1. The molecule has 1 heterocycles. The minimum atomic E-state index is -0.0192. The number of benzene rings is 2. The van der Waals surface area contributed by atoms with E-state index in [1.807, 2.05) is 28.5 Å². The molecule has 0 atom stereocenters. The van der Waals surface area contributed by atoms with Crippen molar-refractivity contribution in [1.29, 1.82) is 0 Å². The molecule has 0 aliphatic heterocycles. The third kappa shape index (κ3) is 6.10. The van der Waals surface area contributed by atoms with Crippen molar-refractivity contribution < 1.29 is 14.3 Å². The highest BCUT2D eigenvalue weighted by Crippen LogP contribution is 2.25. The Morgan fingerprint density at radius 3 is 2.66 bits per heavy atom. The van der Waals surface area contributed by atoms with Crippen LogP contribution in [0.1, 0.15) is 51.6 Å². The van der Waals surface area contributed by atoms with E-state index >= 15 is 0 Å². The molecule has 0 radical (unpaired) electrons. The molecule has 0 unspecified atom stereocenters. The monoisotopic (exact) mass is 452 g/mol. The molecule has 32 heavy (non-hydrogen) atoms. The average Bonchev–Trinajstić information content (AvgIpc) is 3.21. The van der Waals surface area contributed by atoms with Crippen LogP contribution in [0.3, 0.4) is 0 Å². The standard InChI is InChI=1S/C26H32N2O3S/c1-17(2)13-28(26(29)21-8-7-9-23(12-21)30-6)14-22-16-32-25(27-22)15-31-24-11-18(3)10-19(4)20(24)5/h7-12,16-17H,13-15H2,1-6H3. The number of aryl methyl sites for hydroxylation is 2. The maximum atomic E-state index is 13.2. The number of rotatable bonds is 9. The fraction of sp³-hybridized carbons (Fsp3) is 0.385. The van der Waals surface area contributed by atoms with Gasteiger partial charge >= 0.3 is 0 Å². The first-order valence-electron chi connectivity index (χ1n) is 10.8. The molecule has 0 bridgehead atoms. The second-order valence-corrected chi connectivity index (χ2v) is 9.48. The number of hydrogen-bond donors (Lipinski definition) is 0. The Morgan fingerprint density at radius 2 is 1.94 bits per heavy atom. The molecule has 170 valence electrons. The van der Waals surface area contributed by atoms with Gasteiger partial charge < -0.3 is 14.4 Å². The van der Waals surface area contributed by atoms with Gasteiger partial charge in [-0.2, -0.15) is 0 Å². The van der Waals surface area contributed by atoms with Crippen LogP contribution >= 0.6 is 11.3 Å². The van der Waals surface area contributed by atoms with Crippen LogP contribution < -0.4 is 9.47 Å². The number of methoxy groups -OCH3 is 1. The van der Waals surface area contributed by atoms with Gasteiger partial charge in [0.05, 0.1) is 19.3 Å². The lowest BCUT2D eigenvalue weighted by Gasteiger charge is -2.24. The van der Waals surface area contributed by atoms with Crippen molar-refractivity contribution in [2.24, 2.45) is 5.92 Å². The number of ether oxygens (including phenoxy) is 2. The second kappa shape index (κ2) is 10.6. The Hall–Kier alpha value is -2.86. The van der Waals surface area contributed by atoms with Gasteiger partial charge in [-0.15, -0.1) is 11.3 Å². The molecule has 0 spiro atoms. The quantitative estimate of drug-likeness (QED) is 0.402. The fourth-order valence-electron chi connectivity index (χ4n) is 3.57. The van der Waals surface area contributed by atoms with Gasteiger partial charge in [-0.3, -0.25) is 4.79 Å². The van der Waals surface area contributed by atoms with Crippen molar-refractivity contribution in [3.8, 4) is 11.5 Å². The van der Waals surface area contributed by atoms with E-state index in [1.165, 1.54) is 11.1 Å². The van der Waals surface area contributed by atoms with Gasteiger partial charge in [0.25, 0.3) is 5.91 Å². The fourth-order valence-corrected chi connectivity index (χ4v) is 4.27. The van der Waals surface area contributed by atoms with E-state index in [2.05, 4.69) is 46.8 Å². The molecule has 0 N–H and O–H groups in total. The van der Waals surface area contributed by atoms with Crippen LogP contribution in [-0.4, -0.2) is 29.4 Å². The molecule has 3 rings (SSSR count). The van der Waals surface area contributed by atoms with E-state index in [0.29, 0.717) is 36.9 Å². The average molecular weight is 453 g/mol. The van der Waals surface area contributed by atoms with Crippen molar-refractivity contribution in [3.63, 3.8) is 0 Å². The third-order valence-corrected chi connectivity index (χ3v) is 6.13. The van der Waals surface area contributed by atoms with Crippen molar-refractivity contribution in [2.45, 2.75) is 47.8 Å². The number of carbonyl (C=O) groups excluding carboxylic acids is 1. The van der Waals surface area contributed by atoms with Crippen LogP contribution in [0.5, 0.6) is 11.5 Å². The molecule has 6 heteroatoms. The van der Waals surface area contributed by atoms with E-state index in [0.717, 1.165) is 22.0 Å². The largest absolute Gasteiger partial charge is 0.497 e. The van der Waals surface area contributed by atoms with Crippen LogP contribution in [0.15, 0.2) is 41.8 Å². The van der Waals surface area contributed by atoms with Crippen molar-refractivity contribution in [1.82, 2.24) is 9.88 Å². The normalized spacial score (nSPS) is 11.0. The summed E-state index contributed by atoms with van der Waals surface area (Å²) in [5.74, 6) is 1.90. The Kier molecular flexibility index (Phi) is 7.91. The summed E-state index contributed by atoms with van der Waals surface area (Å²) in [6.07, 6.45) is 0. The van der Waals surface area contributed by atoms with Gasteiger partial charge in [-0.25, -0.2) is 4.98 Å². The first-order chi connectivity index (χ1) is 15.3. The zero-order valence-electron chi connectivity index (χ0n) is 19.8. The summed E-state index contributed by atoms with van der Waals surface area (Å²) in [5.41, 5.74) is 5.06. The summed E-state index contributed by atoms with van der Waals surface area (Å²) in [6, 6.07) is 11.5. The number of aromatic nitrogens is 1. The predicted molar refractivity (Wildman–Crippen MR) is 130 cm³/mol. The summed E-state index contributed by atoms with van der Waals surface area (Å²) in [6.45, 7) is 12.0. The Bertz CT molecular complexity index is 1070. The number of amides is 1. The molecule has 3 aromatic rings. The number of hydrogen-bond acceptors (Lipinski definition) is 5. The van der Waals surface area contributed by atoms with Gasteiger partial charge in [-0.1, -0.05) is 26.0 Å². The lowest BCUT2D eigenvalue weighted by atomic mass is 10.1. The van der Waals surface area contributed by atoms with Crippen molar-refractivity contribution in [3.05, 3.63) is 74.7 Å². The molecule has 0 aliphatic rings. The third-order valence-electron chi connectivity index (χ3n) is 5.26. The van der Waals surface area contributed by atoms with Crippen molar-refractivity contribution in [2.75, 3.05) is 13.7 Å². The van der Waals surface area contributed by atoms with Gasteiger partial charge in [0.2, 0.25) is 0 Å². The smallest absolute Gasteiger partial charge is 0.254 e. The van der Waals surface area contributed by atoms with Crippen LogP contribution in [0.25, 0.3) is 0 Å². The summed E-state index contributed by atoms with van der Waals surface area (Å²) in [5, 5.41) is 2.91. The summed E-state index contributed by atoms with van der Waals surface area (Å²) < 4.78 is 11.3. The highest BCUT2D eigenvalue weighted by molar-refractivity contribution is 7.09. The van der Waals surface area contributed by atoms with E-state index in [-0.39, 0.29) is 5.91 Å². The van der Waals surface area contributed by atoms with E-state index in [9.17, 15) is 4.79 Å². The molecular weight excluding hydrogens is 420 g/mol. The summed E-state index contributed by atoms with van der Waals surface area (Å²) >= 11 is 1.56. The predicted octanol–water partition coefficient (Wildman–Crippen LogP) is 5.95. The maximum absolute atomic E-state index is 13.2. The second-order valence-electron chi connectivity index (χ2n) is 8.54. The Morgan fingerprint density at radius 1 is 1.16 bits per heavy atom. The lowest BCUT2D eigenvalue weighted by molar-refractivity contribution is 0.0720. The zero-order valence-corrected chi connectivity index (χ0v) is 20.6. The maximum Gasteiger partial charge on any atom is 0.254 e. The van der Waals surface area contributed by atoms with E-state index < -0.39 is 0 Å². The van der Waals surface area contributed by atoms with E-state index in [4.69, 9.17) is 14.5 Å². The molecule has 0 aliphatic carbocycles. The topological polar surface area (TPSA) is 51.7 Å². The van der Waals surface area contributed by atoms with Crippen LogP contribution in [-0.2, 0) is 13.2 Å². The van der Waals surface area contributed by atoms with Gasteiger partial charge in [0, 0.05) is 17.5 Å². The highest BCUT2D eigenvalue weighted by Gasteiger charge is 2.19. The first kappa shape index (κ1) is 23.8. The molecule has 0 saturated carbocycles. The molecular formula is C26H32N2O3S. The van der Waals surface area contributed by atoms with Gasteiger partial charge in [-0.05, 0) is 67.6 Å². The van der Waals surface area contributed by atoms with Crippen molar-refractivity contribution >= 4 is 17.2 Å². The minimum absolute atomic E-state index is 0.0192. The Balaban J connectivity index is 1.71. The van der Waals surface area contributed by atoms with E-state index in [1.54, 1.807) is 24.5 Å². The van der Waals surface area contributed by atoms with Crippen LogP contribution in [0.2, 0.25) is 0 Å². The molecule has 1 amide bonds. The van der Waals surface area contributed by atoms with Gasteiger partial charge in [0.1, 0.15) is 23.1 Å².